The molecule has 0 aliphatic heterocycles. The van der Waals surface area contributed by atoms with Crippen molar-refractivity contribution in [3.05, 3.63) is 27.8 Å². The highest BCUT2D eigenvalue weighted by molar-refractivity contribution is 14.1. The molecule has 2 rings (SSSR count). The highest BCUT2D eigenvalue weighted by Crippen LogP contribution is 2.20. The highest BCUT2D eigenvalue weighted by Gasteiger charge is 2.07. The van der Waals surface area contributed by atoms with Gasteiger partial charge in [0, 0.05) is 13.2 Å². The smallest absolute Gasteiger partial charge is 0.143 e. The number of hydrogen-bond donors (Lipinski definition) is 0. The van der Waals surface area contributed by atoms with Gasteiger partial charge < -0.3 is 4.57 Å². The zero-order valence-electron chi connectivity index (χ0n) is 6.38. The first-order valence-electron chi connectivity index (χ1n) is 3.45. The van der Waals surface area contributed by atoms with Crippen molar-refractivity contribution in [2.45, 2.75) is 0 Å². The molecule has 0 N–H and O–H groups in total. The Kier molecular flexibility index (Phi) is 1.79. The van der Waals surface area contributed by atoms with Gasteiger partial charge >= 0.3 is 0 Å². The fourth-order valence-corrected chi connectivity index (χ4v) is 1.70. The van der Waals surface area contributed by atoms with Crippen LogP contribution in [0.4, 0.5) is 4.39 Å². The molecule has 0 fully saturated rings. The third kappa shape index (κ3) is 1.01. The highest BCUT2D eigenvalue weighted by atomic mass is 127. The standard InChI is InChI=1S/C8H6FIN2/c1-12-7(10)4-5-6(9)2-3-11-8(5)12/h2-4H,1H3. The molecule has 2 aromatic heterocycles. The lowest BCUT2D eigenvalue weighted by Crippen LogP contribution is -1.91. The van der Waals surface area contributed by atoms with Gasteiger partial charge in [0.2, 0.25) is 0 Å². The van der Waals surface area contributed by atoms with Crippen molar-refractivity contribution in [3.63, 3.8) is 0 Å². The summed E-state index contributed by atoms with van der Waals surface area (Å²) in [5, 5.41) is 0.587. The maximum absolute atomic E-state index is 13.1. The number of halogens is 2. The fraction of sp³-hybridized carbons (Fsp3) is 0.125. The molecule has 0 aliphatic rings. The van der Waals surface area contributed by atoms with E-state index in [1.165, 1.54) is 12.3 Å². The Morgan fingerprint density at radius 2 is 2.33 bits per heavy atom. The van der Waals surface area contributed by atoms with Gasteiger partial charge in [-0.05, 0) is 34.7 Å². The first-order valence-corrected chi connectivity index (χ1v) is 4.53. The summed E-state index contributed by atoms with van der Waals surface area (Å²) in [6.07, 6.45) is 1.48. The molecule has 0 spiro atoms. The van der Waals surface area contributed by atoms with Crippen molar-refractivity contribution in [1.82, 2.24) is 9.55 Å². The molecule has 2 nitrogen and oxygen atoms in total. The van der Waals surface area contributed by atoms with Crippen molar-refractivity contribution in [3.8, 4) is 0 Å². The normalized spacial score (nSPS) is 10.9. The van der Waals surface area contributed by atoms with Gasteiger partial charge in [-0.25, -0.2) is 9.37 Å². The van der Waals surface area contributed by atoms with Crippen LogP contribution in [-0.4, -0.2) is 9.55 Å². The SMILES string of the molecule is Cn1c(I)cc2c(F)ccnc21. The lowest BCUT2D eigenvalue weighted by atomic mass is 10.3. The average Bonchev–Trinajstić information content (AvgIpc) is 2.32. The molecule has 0 saturated heterocycles. The van der Waals surface area contributed by atoms with Crippen LogP contribution in [0.25, 0.3) is 11.0 Å². The maximum Gasteiger partial charge on any atom is 0.143 e. The Labute approximate surface area is 82.5 Å². The first kappa shape index (κ1) is 7.97. The second-order valence-electron chi connectivity index (χ2n) is 2.56. The van der Waals surface area contributed by atoms with Crippen molar-refractivity contribution in [2.75, 3.05) is 0 Å². The molecule has 0 radical (unpaired) electrons. The van der Waals surface area contributed by atoms with Gasteiger partial charge in [-0.2, -0.15) is 0 Å². The topological polar surface area (TPSA) is 17.8 Å². The summed E-state index contributed by atoms with van der Waals surface area (Å²) >= 11 is 2.15. The molecule has 0 aliphatic carbocycles. The Bertz CT molecular complexity index is 436. The van der Waals surface area contributed by atoms with Gasteiger partial charge in [-0.1, -0.05) is 0 Å². The second-order valence-corrected chi connectivity index (χ2v) is 3.66. The van der Waals surface area contributed by atoms with E-state index in [-0.39, 0.29) is 5.82 Å². The minimum Gasteiger partial charge on any atom is -0.324 e. The minimum atomic E-state index is -0.210. The maximum atomic E-state index is 13.1. The molecule has 0 bridgehead atoms. The van der Waals surface area contributed by atoms with Crippen LogP contribution < -0.4 is 0 Å². The molecule has 2 aromatic rings. The van der Waals surface area contributed by atoms with Crippen LogP contribution in [0.1, 0.15) is 0 Å². The summed E-state index contributed by atoms with van der Waals surface area (Å²) in [5.74, 6) is -0.210. The molecular weight excluding hydrogens is 270 g/mol. The third-order valence-corrected chi connectivity index (χ3v) is 2.85. The molecule has 0 saturated carbocycles. The summed E-state index contributed by atoms with van der Waals surface area (Å²) in [5.41, 5.74) is 0.694. The van der Waals surface area contributed by atoms with E-state index in [2.05, 4.69) is 27.6 Å². The molecule has 4 heteroatoms. The van der Waals surface area contributed by atoms with Crippen molar-refractivity contribution < 1.29 is 4.39 Å². The van der Waals surface area contributed by atoms with Crippen LogP contribution in [0.3, 0.4) is 0 Å². The molecular formula is C8H6FIN2. The van der Waals surface area contributed by atoms with E-state index in [0.717, 1.165) is 3.70 Å². The predicted octanol–water partition coefficient (Wildman–Crippen LogP) is 2.32. The van der Waals surface area contributed by atoms with Crippen LogP contribution in [0.15, 0.2) is 18.3 Å². The van der Waals surface area contributed by atoms with Crippen LogP contribution in [0, 0.1) is 9.52 Å². The van der Waals surface area contributed by atoms with Crippen molar-refractivity contribution >= 4 is 33.6 Å². The van der Waals surface area contributed by atoms with Crippen LogP contribution in [0.2, 0.25) is 0 Å². The number of nitrogens with zero attached hydrogens (tertiary/aromatic N) is 2. The number of rotatable bonds is 0. The van der Waals surface area contributed by atoms with E-state index in [4.69, 9.17) is 0 Å². The van der Waals surface area contributed by atoms with Gasteiger partial charge in [-0.15, -0.1) is 0 Å². The summed E-state index contributed by atoms with van der Waals surface area (Å²) in [7, 11) is 1.87. The van der Waals surface area contributed by atoms with Gasteiger partial charge in [0.25, 0.3) is 0 Å². The number of aromatic nitrogens is 2. The second kappa shape index (κ2) is 2.69. The van der Waals surface area contributed by atoms with Gasteiger partial charge in [-0.3, -0.25) is 0 Å². The van der Waals surface area contributed by atoms with E-state index in [9.17, 15) is 4.39 Å². The Morgan fingerprint density at radius 3 is 3.00 bits per heavy atom. The number of hydrogen-bond acceptors (Lipinski definition) is 1. The zero-order chi connectivity index (χ0) is 8.72. The van der Waals surface area contributed by atoms with E-state index in [1.54, 1.807) is 6.07 Å². The third-order valence-electron chi connectivity index (χ3n) is 1.82. The van der Waals surface area contributed by atoms with Crippen molar-refractivity contribution in [2.24, 2.45) is 7.05 Å². The van der Waals surface area contributed by atoms with Crippen molar-refractivity contribution in [1.29, 1.82) is 0 Å². The molecule has 0 unspecified atom stereocenters. The summed E-state index contributed by atoms with van der Waals surface area (Å²) in [6, 6.07) is 3.16. The molecule has 62 valence electrons. The predicted molar refractivity (Wildman–Crippen MR) is 53.4 cm³/mol. The first-order chi connectivity index (χ1) is 5.70. The Balaban J connectivity index is 2.95. The summed E-state index contributed by atoms with van der Waals surface area (Å²) < 4.78 is 16.0. The number of fused-ring (bicyclic) bond motifs is 1. The van der Waals surface area contributed by atoms with Gasteiger partial charge in [0.05, 0.1) is 9.09 Å². The molecule has 0 atom stereocenters. The fourth-order valence-electron chi connectivity index (χ4n) is 1.16. The lowest BCUT2D eigenvalue weighted by molar-refractivity contribution is 0.638. The van der Waals surface area contributed by atoms with E-state index in [0.29, 0.717) is 11.0 Å². The zero-order valence-corrected chi connectivity index (χ0v) is 8.54. The Morgan fingerprint density at radius 1 is 1.58 bits per heavy atom. The van der Waals surface area contributed by atoms with Crippen LogP contribution in [0.5, 0.6) is 0 Å². The quantitative estimate of drug-likeness (QED) is 0.675. The van der Waals surface area contributed by atoms with E-state index >= 15 is 0 Å². The van der Waals surface area contributed by atoms with E-state index < -0.39 is 0 Å². The average molecular weight is 276 g/mol. The van der Waals surface area contributed by atoms with Gasteiger partial charge in [0.15, 0.2) is 0 Å². The minimum absolute atomic E-state index is 0.210. The Hall–Kier alpha value is -0.650. The largest absolute Gasteiger partial charge is 0.324 e. The number of aryl methyl sites for hydroxylation is 1. The summed E-state index contributed by atoms with van der Waals surface area (Å²) in [6.45, 7) is 0. The number of pyridine rings is 1. The van der Waals surface area contributed by atoms with Crippen LogP contribution >= 0.6 is 22.6 Å². The monoisotopic (exact) mass is 276 g/mol. The van der Waals surface area contributed by atoms with E-state index in [1.807, 2.05) is 11.6 Å². The lowest BCUT2D eigenvalue weighted by Gasteiger charge is -1.95. The van der Waals surface area contributed by atoms with Crippen LogP contribution in [-0.2, 0) is 7.05 Å². The van der Waals surface area contributed by atoms with Gasteiger partial charge in [0.1, 0.15) is 11.5 Å². The molecule has 0 aromatic carbocycles. The summed E-state index contributed by atoms with van der Waals surface area (Å²) in [4.78, 5) is 4.08. The molecule has 0 amide bonds. The molecule has 12 heavy (non-hydrogen) atoms. The molecule has 2 heterocycles.